The highest BCUT2D eigenvalue weighted by Crippen LogP contribution is 2.38. The monoisotopic (exact) mass is 447 g/mol. The Labute approximate surface area is 135 Å². The highest BCUT2D eigenvalue weighted by molar-refractivity contribution is 9.12. The molecule has 0 aliphatic rings. The van der Waals surface area contributed by atoms with Crippen molar-refractivity contribution in [1.29, 1.82) is 0 Å². The molecule has 0 fully saturated rings. The second-order valence-electron chi connectivity index (χ2n) is 3.63. The fourth-order valence-corrected chi connectivity index (χ4v) is 5.30. The van der Waals surface area contributed by atoms with Gasteiger partial charge in [-0.25, -0.2) is 8.42 Å². The predicted octanol–water partition coefficient (Wildman–Crippen LogP) is 3.87. The largest absolute Gasteiger partial charge is 0.297 e. The van der Waals surface area contributed by atoms with Crippen molar-refractivity contribution in [2.45, 2.75) is 25.0 Å². The van der Waals surface area contributed by atoms with E-state index in [9.17, 15) is 8.42 Å². The Bertz CT molecular complexity index is 711. The van der Waals surface area contributed by atoms with Gasteiger partial charge in [0.15, 0.2) is 5.82 Å². The van der Waals surface area contributed by atoms with Crippen molar-refractivity contribution in [2.75, 3.05) is 0 Å². The third-order valence-electron chi connectivity index (χ3n) is 2.28. The van der Waals surface area contributed by atoms with E-state index in [1.54, 1.807) is 0 Å². The van der Waals surface area contributed by atoms with Gasteiger partial charge in [0.1, 0.15) is 0 Å². The van der Waals surface area contributed by atoms with Crippen LogP contribution in [0.15, 0.2) is 18.8 Å². The zero-order valence-corrected chi connectivity index (χ0v) is 15.2. The maximum Gasteiger partial charge on any atom is 0.296 e. The van der Waals surface area contributed by atoms with Gasteiger partial charge in [-0.05, 0) is 44.3 Å². The summed E-state index contributed by atoms with van der Waals surface area (Å²) in [7, 11) is 1.46. The van der Waals surface area contributed by atoms with E-state index < -0.39 is 9.05 Å². The molecule has 2 heterocycles. The minimum absolute atomic E-state index is 0.222. The SMILES string of the molecule is CCCn1c(-c2cc(Br)sc2Br)nnc1S(=O)(=O)Cl. The summed E-state index contributed by atoms with van der Waals surface area (Å²) in [5, 5.41) is 7.42. The molecule has 19 heavy (non-hydrogen) atoms. The molecular weight excluding hydrogens is 442 g/mol. The normalized spacial score (nSPS) is 12.0. The van der Waals surface area contributed by atoms with E-state index in [4.69, 9.17) is 10.7 Å². The molecular formula is C9H8Br2ClN3O2S2. The molecule has 104 valence electrons. The van der Waals surface area contributed by atoms with Gasteiger partial charge in [0.05, 0.1) is 7.57 Å². The molecule has 0 radical (unpaired) electrons. The van der Waals surface area contributed by atoms with Gasteiger partial charge in [-0.3, -0.25) is 4.57 Å². The molecule has 2 aromatic rings. The van der Waals surface area contributed by atoms with Crippen LogP contribution in [0, 0.1) is 0 Å². The maximum absolute atomic E-state index is 11.5. The summed E-state index contributed by atoms with van der Waals surface area (Å²) in [5.41, 5.74) is 0.782. The lowest BCUT2D eigenvalue weighted by molar-refractivity contribution is 0.570. The van der Waals surface area contributed by atoms with Gasteiger partial charge in [0, 0.05) is 22.8 Å². The summed E-state index contributed by atoms with van der Waals surface area (Å²) in [5.74, 6) is 0.481. The lowest BCUT2D eigenvalue weighted by Crippen LogP contribution is -2.07. The topological polar surface area (TPSA) is 64.8 Å². The molecule has 0 atom stereocenters. The number of rotatable bonds is 4. The molecule has 0 spiro atoms. The van der Waals surface area contributed by atoms with Gasteiger partial charge in [0.25, 0.3) is 14.2 Å². The van der Waals surface area contributed by atoms with Crippen molar-refractivity contribution in [3.63, 3.8) is 0 Å². The number of hydrogen-bond donors (Lipinski definition) is 0. The van der Waals surface area contributed by atoms with Crippen molar-refractivity contribution < 1.29 is 8.42 Å². The van der Waals surface area contributed by atoms with Crippen LogP contribution >= 0.6 is 53.9 Å². The van der Waals surface area contributed by atoms with Gasteiger partial charge in [-0.2, -0.15) is 0 Å². The Morgan fingerprint density at radius 1 is 1.42 bits per heavy atom. The van der Waals surface area contributed by atoms with Crippen LogP contribution in [0.1, 0.15) is 13.3 Å². The van der Waals surface area contributed by atoms with Gasteiger partial charge < -0.3 is 0 Å². The molecule has 0 saturated carbocycles. The predicted molar refractivity (Wildman–Crippen MR) is 82.1 cm³/mol. The highest BCUT2D eigenvalue weighted by Gasteiger charge is 2.24. The zero-order valence-electron chi connectivity index (χ0n) is 9.60. The minimum Gasteiger partial charge on any atom is -0.297 e. The molecule has 0 N–H and O–H groups in total. The average Bonchev–Trinajstić information content (AvgIpc) is 2.82. The van der Waals surface area contributed by atoms with Crippen LogP contribution in [0.3, 0.4) is 0 Å². The smallest absolute Gasteiger partial charge is 0.296 e. The summed E-state index contributed by atoms with van der Waals surface area (Å²) in [6, 6.07) is 1.86. The summed E-state index contributed by atoms with van der Waals surface area (Å²) >= 11 is 8.28. The molecule has 0 aliphatic heterocycles. The van der Waals surface area contributed by atoms with E-state index >= 15 is 0 Å². The van der Waals surface area contributed by atoms with Crippen molar-refractivity contribution in [1.82, 2.24) is 14.8 Å². The molecule has 2 aromatic heterocycles. The quantitative estimate of drug-likeness (QED) is 0.665. The first kappa shape index (κ1) is 15.4. The Balaban J connectivity index is 2.65. The Morgan fingerprint density at radius 2 is 2.11 bits per heavy atom. The van der Waals surface area contributed by atoms with E-state index in [-0.39, 0.29) is 5.16 Å². The van der Waals surface area contributed by atoms with E-state index in [1.807, 2.05) is 13.0 Å². The third kappa shape index (κ3) is 3.21. The second kappa shape index (κ2) is 5.80. The number of halogens is 3. The first-order valence-corrected chi connectivity index (χ1v) is 9.88. The van der Waals surface area contributed by atoms with Crippen LogP contribution in [0.5, 0.6) is 0 Å². The van der Waals surface area contributed by atoms with E-state index in [0.717, 1.165) is 19.6 Å². The fourth-order valence-electron chi connectivity index (χ4n) is 1.59. The summed E-state index contributed by atoms with van der Waals surface area (Å²) in [6.07, 6.45) is 0.743. The van der Waals surface area contributed by atoms with Crippen LogP contribution in [-0.2, 0) is 15.6 Å². The molecule has 0 saturated heterocycles. The molecule has 5 nitrogen and oxygen atoms in total. The Hall–Kier alpha value is 0.0400. The Kier molecular flexibility index (Phi) is 4.71. The van der Waals surface area contributed by atoms with Gasteiger partial charge in [0.2, 0.25) is 0 Å². The van der Waals surface area contributed by atoms with Crippen LogP contribution in [0.4, 0.5) is 0 Å². The number of thiophene rings is 1. The van der Waals surface area contributed by atoms with Crippen molar-refractivity contribution in [3.05, 3.63) is 13.6 Å². The molecule has 0 bridgehead atoms. The lowest BCUT2D eigenvalue weighted by Gasteiger charge is -2.06. The minimum atomic E-state index is -3.91. The highest BCUT2D eigenvalue weighted by atomic mass is 79.9. The molecule has 0 amide bonds. The van der Waals surface area contributed by atoms with Crippen molar-refractivity contribution >= 4 is 62.9 Å². The molecule has 2 rings (SSSR count). The van der Waals surface area contributed by atoms with Crippen LogP contribution in [-0.4, -0.2) is 23.2 Å². The van der Waals surface area contributed by atoms with Crippen LogP contribution in [0.2, 0.25) is 0 Å². The lowest BCUT2D eigenvalue weighted by atomic mass is 10.3. The molecule has 10 heteroatoms. The van der Waals surface area contributed by atoms with Crippen molar-refractivity contribution in [3.8, 4) is 11.4 Å². The third-order valence-corrected chi connectivity index (χ3v) is 5.77. The van der Waals surface area contributed by atoms with Crippen molar-refractivity contribution in [2.24, 2.45) is 0 Å². The van der Waals surface area contributed by atoms with E-state index in [1.165, 1.54) is 15.9 Å². The van der Waals surface area contributed by atoms with E-state index in [2.05, 4.69) is 42.1 Å². The van der Waals surface area contributed by atoms with Crippen LogP contribution < -0.4 is 0 Å². The first-order valence-electron chi connectivity index (χ1n) is 5.17. The number of aromatic nitrogens is 3. The fraction of sp³-hybridized carbons (Fsp3) is 0.333. The van der Waals surface area contributed by atoms with Gasteiger partial charge in [-0.1, -0.05) is 6.92 Å². The molecule has 0 unspecified atom stereocenters. The maximum atomic E-state index is 11.5. The number of hydrogen-bond acceptors (Lipinski definition) is 5. The standard InChI is InChI=1S/C9H8Br2ClN3O2S2/c1-2-3-15-8(5-4-6(10)18-7(5)11)13-14-9(15)19(12,16)17/h4H,2-3H2,1H3. The second-order valence-corrected chi connectivity index (χ2v) is 9.84. The zero-order chi connectivity index (χ0) is 14.2. The van der Waals surface area contributed by atoms with E-state index in [0.29, 0.717) is 12.4 Å². The summed E-state index contributed by atoms with van der Waals surface area (Å²) in [6.45, 7) is 2.41. The Morgan fingerprint density at radius 3 is 2.58 bits per heavy atom. The summed E-state index contributed by atoms with van der Waals surface area (Å²) < 4.78 is 26.3. The van der Waals surface area contributed by atoms with Gasteiger partial charge >= 0.3 is 0 Å². The molecule has 0 aromatic carbocycles. The first-order chi connectivity index (χ1) is 8.84. The molecule has 0 aliphatic carbocycles. The van der Waals surface area contributed by atoms with Crippen LogP contribution in [0.25, 0.3) is 11.4 Å². The average molecular weight is 450 g/mol. The summed E-state index contributed by atoms with van der Waals surface area (Å²) in [4.78, 5) is 0. The number of nitrogens with zero attached hydrogens (tertiary/aromatic N) is 3. The van der Waals surface area contributed by atoms with Gasteiger partial charge in [-0.15, -0.1) is 21.5 Å².